The molecule has 0 fully saturated rings. The minimum absolute atomic E-state index is 0.0144. The van der Waals surface area contributed by atoms with Crippen LogP contribution < -0.4 is 10.1 Å². The van der Waals surface area contributed by atoms with Crippen LogP contribution in [0.3, 0.4) is 0 Å². The molecule has 2 heterocycles. The Morgan fingerprint density at radius 3 is 2.57 bits per heavy atom. The van der Waals surface area contributed by atoms with Crippen LogP contribution in [-0.2, 0) is 30.5 Å². The minimum Gasteiger partial charge on any atom is -0.494 e. The van der Waals surface area contributed by atoms with Gasteiger partial charge in [-0.15, -0.1) is 0 Å². The number of alkyl halides is 3. The molecule has 1 amide bonds. The number of anilines is 1. The third-order valence-electron chi connectivity index (χ3n) is 5.97. The number of nitrogens with one attached hydrogen (secondary N) is 1. The van der Waals surface area contributed by atoms with Gasteiger partial charge in [0.1, 0.15) is 11.6 Å². The molecule has 8 heteroatoms. The van der Waals surface area contributed by atoms with Crippen LogP contribution in [0.2, 0.25) is 0 Å². The van der Waals surface area contributed by atoms with E-state index in [-0.39, 0.29) is 12.5 Å². The highest BCUT2D eigenvalue weighted by Crippen LogP contribution is 2.30. The number of ether oxygens (including phenoxy) is 1. The molecule has 35 heavy (non-hydrogen) atoms. The molecule has 0 spiro atoms. The molecule has 0 unspecified atom stereocenters. The maximum atomic E-state index is 12.8. The molecule has 1 aromatic heterocycles. The number of aryl methyl sites for hydroxylation is 2. The average molecular weight is 484 g/mol. The predicted molar refractivity (Wildman–Crippen MR) is 128 cm³/mol. The Balaban J connectivity index is 1.33. The second-order valence-electron chi connectivity index (χ2n) is 8.72. The van der Waals surface area contributed by atoms with Crippen molar-refractivity contribution in [3.05, 3.63) is 88.6 Å². The number of pyridine rings is 1. The standard InChI is InChI=1S/C27H28F3N3O2/c1-19-11-13-32-25(15-19)31-12-2-14-35-24-9-5-21-6-10-26(34)33(18-22(21)16-24)17-20-3-7-23(8-4-20)27(28,29)30/h3-5,7-9,11,13,15-16H,2,6,10,12,14,17-18H2,1H3,(H,31,32). The number of halogens is 3. The third kappa shape index (κ3) is 6.74. The van der Waals surface area contributed by atoms with Gasteiger partial charge in [-0.3, -0.25) is 4.79 Å². The fraction of sp³-hybridized carbons (Fsp3) is 0.333. The number of carbonyl (C=O) groups excluding carboxylic acids is 1. The van der Waals surface area contributed by atoms with Crippen LogP contribution in [0.15, 0.2) is 60.8 Å². The smallest absolute Gasteiger partial charge is 0.416 e. The lowest BCUT2D eigenvalue weighted by Crippen LogP contribution is -2.28. The summed E-state index contributed by atoms with van der Waals surface area (Å²) < 4.78 is 44.4. The van der Waals surface area contributed by atoms with Gasteiger partial charge in [-0.1, -0.05) is 18.2 Å². The first-order valence-electron chi connectivity index (χ1n) is 11.6. The number of benzene rings is 2. The van der Waals surface area contributed by atoms with Crippen LogP contribution in [0, 0.1) is 6.92 Å². The van der Waals surface area contributed by atoms with Crippen LogP contribution in [0.4, 0.5) is 19.0 Å². The van der Waals surface area contributed by atoms with Crippen molar-refractivity contribution in [3.8, 4) is 5.75 Å². The number of carbonyl (C=O) groups is 1. The highest BCUT2D eigenvalue weighted by Gasteiger charge is 2.30. The molecular weight excluding hydrogens is 455 g/mol. The van der Waals surface area contributed by atoms with E-state index in [1.807, 2.05) is 37.3 Å². The SMILES string of the molecule is Cc1ccnc(NCCCOc2ccc3c(c2)CN(Cc2ccc(C(F)(F)F)cc2)C(=O)CC3)c1. The van der Waals surface area contributed by atoms with Gasteiger partial charge < -0.3 is 15.0 Å². The maximum Gasteiger partial charge on any atom is 0.416 e. The maximum absolute atomic E-state index is 12.8. The van der Waals surface area contributed by atoms with Crippen molar-refractivity contribution in [2.24, 2.45) is 0 Å². The molecule has 1 N–H and O–H groups in total. The van der Waals surface area contributed by atoms with Crippen LogP contribution in [0.1, 0.15) is 40.7 Å². The fourth-order valence-corrected chi connectivity index (χ4v) is 4.05. The number of rotatable bonds is 8. The summed E-state index contributed by atoms with van der Waals surface area (Å²) in [6.45, 7) is 3.95. The fourth-order valence-electron chi connectivity index (χ4n) is 4.05. The second-order valence-corrected chi connectivity index (χ2v) is 8.72. The molecule has 3 aromatic rings. The van der Waals surface area contributed by atoms with Crippen molar-refractivity contribution >= 4 is 11.7 Å². The lowest BCUT2D eigenvalue weighted by molar-refractivity contribution is -0.137. The van der Waals surface area contributed by atoms with Gasteiger partial charge in [0.2, 0.25) is 5.91 Å². The normalized spacial score (nSPS) is 13.8. The van der Waals surface area contributed by atoms with E-state index < -0.39 is 11.7 Å². The Morgan fingerprint density at radius 1 is 1.03 bits per heavy atom. The van der Waals surface area contributed by atoms with Crippen molar-refractivity contribution in [1.82, 2.24) is 9.88 Å². The number of hydrogen-bond acceptors (Lipinski definition) is 4. The van der Waals surface area contributed by atoms with Crippen LogP contribution in [0.5, 0.6) is 5.75 Å². The molecule has 0 saturated carbocycles. The first-order valence-corrected chi connectivity index (χ1v) is 11.6. The topological polar surface area (TPSA) is 54.5 Å². The number of amides is 1. The van der Waals surface area contributed by atoms with E-state index in [0.717, 1.165) is 53.4 Å². The lowest BCUT2D eigenvalue weighted by atomic mass is 10.0. The first kappa shape index (κ1) is 24.6. The van der Waals surface area contributed by atoms with Crippen molar-refractivity contribution in [2.45, 2.75) is 45.5 Å². The second kappa shape index (κ2) is 10.8. The van der Waals surface area contributed by atoms with E-state index in [0.29, 0.717) is 31.6 Å². The summed E-state index contributed by atoms with van der Waals surface area (Å²) in [4.78, 5) is 18.7. The largest absolute Gasteiger partial charge is 0.494 e. The van der Waals surface area contributed by atoms with Gasteiger partial charge in [0.25, 0.3) is 0 Å². The summed E-state index contributed by atoms with van der Waals surface area (Å²) in [5, 5.41) is 3.28. The highest BCUT2D eigenvalue weighted by atomic mass is 19.4. The Bertz CT molecular complexity index is 1160. The summed E-state index contributed by atoms with van der Waals surface area (Å²) in [6.07, 6.45) is -0.807. The van der Waals surface area contributed by atoms with Gasteiger partial charge in [0, 0.05) is 32.3 Å². The number of aromatic nitrogens is 1. The van der Waals surface area contributed by atoms with Crippen LogP contribution in [0.25, 0.3) is 0 Å². The van der Waals surface area contributed by atoms with Gasteiger partial charge in [0.15, 0.2) is 0 Å². The molecule has 184 valence electrons. The quantitative estimate of drug-likeness (QED) is 0.414. The van der Waals surface area contributed by atoms with E-state index in [1.54, 1.807) is 11.1 Å². The van der Waals surface area contributed by atoms with E-state index in [1.165, 1.54) is 12.1 Å². The molecule has 4 rings (SSSR count). The van der Waals surface area contributed by atoms with Gasteiger partial charge in [-0.05, 0) is 78.4 Å². The van der Waals surface area contributed by atoms with Crippen LogP contribution in [-0.4, -0.2) is 28.9 Å². The molecule has 5 nitrogen and oxygen atoms in total. The Kier molecular flexibility index (Phi) is 7.58. The lowest BCUT2D eigenvalue weighted by Gasteiger charge is -2.22. The van der Waals surface area contributed by atoms with E-state index in [9.17, 15) is 18.0 Å². The van der Waals surface area contributed by atoms with E-state index >= 15 is 0 Å². The molecule has 1 aliphatic rings. The molecule has 0 atom stereocenters. The summed E-state index contributed by atoms with van der Waals surface area (Å²) in [7, 11) is 0. The zero-order valence-electron chi connectivity index (χ0n) is 19.6. The van der Waals surface area contributed by atoms with Crippen LogP contribution >= 0.6 is 0 Å². The zero-order chi connectivity index (χ0) is 24.8. The zero-order valence-corrected chi connectivity index (χ0v) is 19.6. The number of nitrogens with zero attached hydrogens (tertiary/aromatic N) is 2. The van der Waals surface area contributed by atoms with Gasteiger partial charge in [-0.25, -0.2) is 4.98 Å². The highest BCUT2D eigenvalue weighted by molar-refractivity contribution is 5.77. The minimum atomic E-state index is -4.38. The predicted octanol–water partition coefficient (Wildman–Crippen LogP) is 5.76. The van der Waals surface area contributed by atoms with Crippen molar-refractivity contribution < 1.29 is 22.7 Å². The summed E-state index contributed by atoms with van der Waals surface area (Å²) >= 11 is 0. The molecule has 0 radical (unpaired) electrons. The number of fused-ring (bicyclic) bond motifs is 1. The van der Waals surface area contributed by atoms with E-state index in [4.69, 9.17) is 4.74 Å². The molecule has 1 aliphatic heterocycles. The van der Waals surface area contributed by atoms with Crippen molar-refractivity contribution in [3.63, 3.8) is 0 Å². The first-order chi connectivity index (χ1) is 16.8. The average Bonchev–Trinajstić information content (AvgIpc) is 2.97. The summed E-state index contributed by atoms with van der Waals surface area (Å²) in [6, 6.07) is 14.8. The van der Waals surface area contributed by atoms with Gasteiger partial charge >= 0.3 is 6.18 Å². The Labute approximate surface area is 202 Å². The summed E-state index contributed by atoms with van der Waals surface area (Å²) in [5.41, 5.74) is 3.21. The van der Waals surface area contributed by atoms with Crippen molar-refractivity contribution in [2.75, 3.05) is 18.5 Å². The van der Waals surface area contributed by atoms with Crippen molar-refractivity contribution in [1.29, 1.82) is 0 Å². The molecular formula is C27H28F3N3O2. The van der Waals surface area contributed by atoms with E-state index in [2.05, 4.69) is 10.3 Å². The number of hydrogen-bond donors (Lipinski definition) is 1. The molecule has 0 bridgehead atoms. The monoisotopic (exact) mass is 483 g/mol. The molecule has 0 aliphatic carbocycles. The molecule has 2 aromatic carbocycles. The Hall–Kier alpha value is -3.55. The van der Waals surface area contributed by atoms with Gasteiger partial charge in [0.05, 0.1) is 12.2 Å². The molecule has 0 saturated heterocycles. The Morgan fingerprint density at radius 2 is 1.83 bits per heavy atom. The summed E-state index contributed by atoms with van der Waals surface area (Å²) in [5.74, 6) is 1.56. The van der Waals surface area contributed by atoms with Gasteiger partial charge in [-0.2, -0.15) is 13.2 Å². The third-order valence-corrected chi connectivity index (χ3v) is 5.97.